The fourth-order valence-corrected chi connectivity index (χ4v) is 5.14. The number of aromatic nitrogens is 2. The number of hydrogen-bond donors (Lipinski definition) is 0. The molecule has 0 radical (unpaired) electrons. The van der Waals surface area contributed by atoms with Gasteiger partial charge >= 0.3 is 6.18 Å². The van der Waals surface area contributed by atoms with Gasteiger partial charge in [0.05, 0.1) is 16.6 Å². The highest BCUT2D eigenvalue weighted by atomic mass is 32.2. The predicted octanol–water partition coefficient (Wildman–Crippen LogP) is 5.08. The smallest absolute Gasteiger partial charge is 0.232 e. The monoisotopic (exact) mass is 430 g/mol. The normalized spacial score (nSPS) is 12.4. The van der Waals surface area contributed by atoms with E-state index in [0.29, 0.717) is 11.9 Å². The lowest BCUT2D eigenvalue weighted by molar-refractivity contribution is -0.139. The van der Waals surface area contributed by atoms with Crippen molar-refractivity contribution < 1.29 is 21.6 Å². The molecule has 0 unspecified atom stereocenters. The first-order valence-electron chi connectivity index (χ1n) is 9.20. The lowest BCUT2D eigenvalue weighted by Crippen LogP contribution is -2.21. The molecule has 0 spiro atoms. The summed E-state index contributed by atoms with van der Waals surface area (Å²) < 4.78 is 68.3. The molecule has 1 heterocycles. The van der Waals surface area contributed by atoms with Crippen LogP contribution < -0.4 is 0 Å². The van der Waals surface area contributed by atoms with E-state index in [2.05, 4.69) is 4.98 Å². The maximum atomic E-state index is 13.5. The van der Waals surface area contributed by atoms with Crippen LogP contribution in [-0.2, 0) is 29.0 Å². The minimum atomic E-state index is -4.80. The Morgan fingerprint density at radius 3 is 2.17 bits per heavy atom. The van der Waals surface area contributed by atoms with Crippen molar-refractivity contribution in [3.8, 4) is 0 Å². The first-order valence-corrected chi connectivity index (χ1v) is 10.6. The van der Waals surface area contributed by atoms with Gasteiger partial charge in [0.1, 0.15) is 10.7 Å². The number of halogens is 3. The Morgan fingerprint density at radius 1 is 0.800 bits per heavy atom. The Kier molecular flexibility index (Phi) is 5.11. The van der Waals surface area contributed by atoms with Crippen molar-refractivity contribution in [3.05, 3.63) is 95.8 Å². The summed E-state index contributed by atoms with van der Waals surface area (Å²) in [5.74, 6) is 0.192. The minimum absolute atomic E-state index is 0.192. The third-order valence-corrected chi connectivity index (χ3v) is 6.58. The average molecular weight is 430 g/mol. The fourth-order valence-electron chi connectivity index (χ4n) is 3.40. The topological polar surface area (TPSA) is 52.0 Å². The lowest BCUT2D eigenvalue weighted by Gasteiger charge is -2.15. The summed E-state index contributed by atoms with van der Waals surface area (Å²) in [6, 6.07) is 20.1. The molecule has 0 N–H and O–H groups in total. The molecule has 4 nitrogen and oxygen atoms in total. The van der Waals surface area contributed by atoms with Crippen molar-refractivity contribution in [2.75, 3.05) is 0 Å². The predicted molar refractivity (Wildman–Crippen MR) is 108 cm³/mol. The second-order valence-electron chi connectivity index (χ2n) is 6.77. The molecule has 30 heavy (non-hydrogen) atoms. The maximum absolute atomic E-state index is 13.5. The molecular formula is C22H17F3N2O2S. The molecular weight excluding hydrogens is 413 g/mol. The van der Waals surface area contributed by atoms with Crippen LogP contribution in [0, 0.1) is 0 Å². The highest BCUT2D eigenvalue weighted by Crippen LogP contribution is 2.36. The van der Waals surface area contributed by atoms with Gasteiger partial charge in [0, 0.05) is 6.42 Å². The number of hydrogen-bond acceptors (Lipinski definition) is 3. The number of nitrogens with zero attached hydrogens (tertiary/aromatic N) is 2. The summed E-state index contributed by atoms with van der Waals surface area (Å²) in [4.78, 5) is 3.62. The first kappa shape index (κ1) is 20.2. The maximum Gasteiger partial charge on any atom is 0.417 e. The number of rotatable bonds is 5. The summed E-state index contributed by atoms with van der Waals surface area (Å²) in [6.07, 6.45) is -4.04. The largest absolute Gasteiger partial charge is 0.417 e. The molecule has 0 aliphatic heterocycles. The zero-order valence-corrected chi connectivity index (χ0v) is 16.5. The van der Waals surface area contributed by atoms with E-state index in [-0.39, 0.29) is 17.8 Å². The zero-order chi connectivity index (χ0) is 21.4. The Labute approximate surface area is 171 Å². The molecule has 0 aliphatic carbocycles. The number of benzene rings is 3. The molecule has 3 aromatic carbocycles. The van der Waals surface area contributed by atoms with Crippen molar-refractivity contribution >= 4 is 21.1 Å². The van der Waals surface area contributed by atoms with E-state index in [1.54, 1.807) is 24.3 Å². The average Bonchev–Trinajstić information content (AvgIpc) is 3.11. The quantitative estimate of drug-likeness (QED) is 0.444. The minimum Gasteiger partial charge on any atom is -0.232 e. The van der Waals surface area contributed by atoms with Crippen LogP contribution in [-0.4, -0.2) is 17.4 Å². The molecule has 8 heteroatoms. The van der Waals surface area contributed by atoms with E-state index in [0.717, 1.165) is 21.7 Å². The second kappa shape index (κ2) is 7.60. The lowest BCUT2D eigenvalue weighted by atomic mass is 10.1. The molecule has 4 aromatic rings. The molecule has 4 rings (SSSR count). The van der Waals surface area contributed by atoms with Crippen LogP contribution in [0.2, 0.25) is 0 Å². The van der Waals surface area contributed by atoms with E-state index in [1.165, 1.54) is 12.1 Å². The summed E-state index contributed by atoms with van der Waals surface area (Å²) >= 11 is 0. The molecule has 0 saturated carbocycles. The van der Waals surface area contributed by atoms with Crippen molar-refractivity contribution in [2.24, 2.45) is 0 Å². The summed E-state index contributed by atoms with van der Waals surface area (Å²) in [7, 11) is -4.54. The van der Waals surface area contributed by atoms with Gasteiger partial charge in [-0.1, -0.05) is 54.6 Å². The van der Waals surface area contributed by atoms with Gasteiger partial charge in [0.25, 0.3) is 10.0 Å². The SMILES string of the molecule is O=S(=O)(c1ccccc1C(F)(F)F)n1c(CCc2ccccc2)nc2ccccc21. The Balaban J connectivity index is 1.88. The third-order valence-electron chi connectivity index (χ3n) is 4.78. The van der Waals surface area contributed by atoms with Gasteiger partial charge in [-0.3, -0.25) is 0 Å². The molecule has 0 fully saturated rings. The van der Waals surface area contributed by atoms with E-state index in [9.17, 15) is 21.6 Å². The summed E-state index contributed by atoms with van der Waals surface area (Å²) in [6.45, 7) is 0. The molecule has 154 valence electrons. The molecule has 0 aliphatic rings. The van der Waals surface area contributed by atoms with Crippen molar-refractivity contribution in [2.45, 2.75) is 23.9 Å². The van der Waals surface area contributed by atoms with Crippen LogP contribution in [0.3, 0.4) is 0 Å². The Bertz CT molecular complexity index is 1300. The van der Waals surface area contributed by atoms with E-state index < -0.39 is 26.7 Å². The molecule has 0 atom stereocenters. The van der Waals surface area contributed by atoms with Gasteiger partial charge in [-0.05, 0) is 36.2 Å². The molecule has 0 saturated heterocycles. The van der Waals surface area contributed by atoms with Crippen molar-refractivity contribution in [1.29, 1.82) is 0 Å². The van der Waals surface area contributed by atoms with Crippen LogP contribution in [0.25, 0.3) is 11.0 Å². The standard InChI is InChI=1S/C22H17F3N2O2S/c23-22(24,25)17-10-4-7-13-20(17)30(28,29)27-19-12-6-5-11-18(19)26-21(27)15-14-16-8-2-1-3-9-16/h1-13H,14-15H2. The second-order valence-corrected chi connectivity index (χ2v) is 8.52. The highest BCUT2D eigenvalue weighted by molar-refractivity contribution is 7.90. The zero-order valence-electron chi connectivity index (χ0n) is 15.7. The number of para-hydroxylation sites is 2. The van der Waals surface area contributed by atoms with Crippen LogP contribution >= 0.6 is 0 Å². The number of aryl methyl sites for hydroxylation is 2. The third kappa shape index (κ3) is 3.70. The highest BCUT2D eigenvalue weighted by Gasteiger charge is 2.38. The van der Waals surface area contributed by atoms with Crippen LogP contribution in [0.15, 0.2) is 83.8 Å². The Hall–Kier alpha value is -3.13. The molecule has 0 bridgehead atoms. The van der Waals surface area contributed by atoms with Gasteiger partial charge in [0.15, 0.2) is 0 Å². The number of alkyl halides is 3. The van der Waals surface area contributed by atoms with Gasteiger partial charge in [-0.25, -0.2) is 17.4 Å². The van der Waals surface area contributed by atoms with Gasteiger partial charge < -0.3 is 0 Å². The fraction of sp³-hybridized carbons (Fsp3) is 0.136. The first-order chi connectivity index (χ1) is 14.3. The van der Waals surface area contributed by atoms with E-state index in [1.807, 2.05) is 30.3 Å². The Morgan fingerprint density at radius 2 is 1.43 bits per heavy atom. The van der Waals surface area contributed by atoms with Gasteiger partial charge in [-0.15, -0.1) is 0 Å². The van der Waals surface area contributed by atoms with Crippen molar-refractivity contribution in [3.63, 3.8) is 0 Å². The van der Waals surface area contributed by atoms with Crippen LogP contribution in [0.1, 0.15) is 17.0 Å². The van der Waals surface area contributed by atoms with Crippen LogP contribution in [0.5, 0.6) is 0 Å². The molecule has 0 amide bonds. The van der Waals surface area contributed by atoms with Crippen LogP contribution in [0.4, 0.5) is 13.2 Å². The summed E-state index contributed by atoms with van der Waals surface area (Å²) in [5, 5.41) is 0. The number of fused-ring (bicyclic) bond motifs is 1. The molecule has 1 aromatic heterocycles. The van der Waals surface area contributed by atoms with E-state index in [4.69, 9.17) is 0 Å². The van der Waals surface area contributed by atoms with Crippen molar-refractivity contribution in [1.82, 2.24) is 8.96 Å². The van der Waals surface area contributed by atoms with Gasteiger partial charge in [0.2, 0.25) is 0 Å². The van der Waals surface area contributed by atoms with Gasteiger partial charge in [-0.2, -0.15) is 13.2 Å². The number of imidazole rings is 1. The van der Waals surface area contributed by atoms with E-state index >= 15 is 0 Å². The summed E-state index contributed by atoms with van der Waals surface area (Å²) in [5.41, 5.74) is 0.437.